The molecule has 0 saturated heterocycles. The molecule has 5 heteroatoms. The van der Waals surface area contributed by atoms with E-state index < -0.39 is 0 Å². The Bertz CT molecular complexity index is 460. The van der Waals surface area contributed by atoms with Gasteiger partial charge in [0.05, 0.1) is 18.7 Å². The van der Waals surface area contributed by atoms with E-state index in [1.54, 1.807) is 4.90 Å². The lowest BCUT2D eigenvalue weighted by Crippen LogP contribution is -2.31. The fourth-order valence-electron chi connectivity index (χ4n) is 2.14. The number of benzene rings is 1. The van der Waals surface area contributed by atoms with E-state index in [0.717, 1.165) is 11.3 Å². The molecule has 0 fully saturated rings. The van der Waals surface area contributed by atoms with E-state index >= 15 is 0 Å². The molecular weight excluding hydrogens is 244 g/mol. The lowest BCUT2D eigenvalue weighted by molar-refractivity contribution is -0.118. The second kappa shape index (κ2) is 6.04. The minimum Gasteiger partial charge on any atom is -0.491 e. The van der Waals surface area contributed by atoms with Crippen molar-refractivity contribution in [3.8, 4) is 5.75 Å². The summed E-state index contributed by atoms with van der Waals surface area (Å²) in [6, 6.07) is 5.59. The first-order chi connectivity index (χ1) is 9.13. The number of hydrogen-bond donors (Lipinski definition) is 2. The summed E-state index contributed by atoms with van der Waals surface area (Å²) in [6.45, 7) is 2.85. The van der Waals surface area contributed by atoms with Gasteiger partial charge < -0.3 is 20.5 Å². The van der Waals surface area contributed by atoms with Gasteiger partial charge in [0, 0.05) is 19.2 Å². The predicted octanol–water partition coefficient (Wildman–Crippen LogP) is 1.20. The Morgan fingerprint density at radius 1 is 1.53 bits per heavy atom. The summed E-state index contributed by atoms with van der Waals surface area (Å²) in [6.07, 6.45) is 0.904. The highest BCUT2D eigenvalue weighted by Gasteiger charge is 2.23. The average molecular weight is 264 g/mol. The van der Waals surface area contributed by atoms with Gasteiger partial charge in [-0.1, -0.05) is 6.07 Å². The number of amides is 1. The molecule has 1 amide bonds. The van der Waals surface area contributed by atoms with E-state index in [4.69, 9.17) is 15.6 Å². The van der Waals surface area contributed by atoms with Crippen molar-refractivity contribution in [1.82, 2.24) is 0 Å². The molecule has 1 atom stereocenters. The van der Waals surface area contributed by atoms with E-state index in [0.29, 0.717) is 31.7 Å². The normalized spacial score (nSPS) is 16.6. The Hall–Kier alpha value is -1.59. The highest BCUT2D eigenvalue weighted by molar-refractivity contribution is 5.95. The number of rotatable bonds is 4. The first kappa shape index (κ1) is 13.8. The summed E-state index contributed by atoms with van der Waals surface area (Å²) >= 11 is 0. The number of nitrogens with two attached hydrogens (primary N) is 1. The number of hydrogen-bond acceptors (Lipinski definition) is 4. The molecule has 1 aromatic carbocycles. The van der Waals surface area contributed by atoms with E-state index in [1.807, 2.05) is 25.1 Å². The zero-order valence-corrected chi connectivity index (χ0v) is 11.1. The summed E-state index contributed by atoms with van der Waals surface area (Å²) < 4.78 is 5.60. The number of ether oxygens (including phenoxy) is 1. The van der Waals surface area contributed by atoms with Crippen LogP contribution in [0.1, 0.15) is 31.4 Å². The van der Waals surface area contributed by atoms with Crippen molar-refractivity contribution < 1.29 is 14.6 Å². The zero-order valence-electron chi connectivity index (χ0n) is 11.1. The first-order valence-electron chi connectivity index (χ1n) is 6.57. The molecule has 19 heavy (non-hydrogen) atoms. The molecule has 104 valence electrons. The fraction of sp³-hybridized carbons (Fsp3) is 0.500. The third kappa shape index (κ3) is 3.05. The number of carbonyl (C=O) groups excluding carboxylic acids is 1. The molecule has 0 saturated carbocycles. The van der Waals surface area contributed by atoms with Crippen LogP contribution in [0.2, 0.25) is 0 Å². The second-order valence-electron chi connectivity index (χ2n) is 4.74. The number of nitrogens with zero attached hydrogens (tertiary/aromatic N) is 1. The third-order valence-corrected chi connectivity index (χ3v) is 3.21. The molecule has 1 aliphatic rings. The molecule has 1 aromatic rings. The van der Waals surface area contributed by atoms with Crippen molar-refractivity contribution in [1.29, 1.82) is 0 Å². The molecule has 0 aliphatic carbocycles. The maximum absolute atomic E-state index is 12.1. The molecule has 0 spiro atoms. The first-order valence-corrected chi connectivity index (χ1v) is 6.57. The number of aliphatic hydroxyl groups is 1. The van der Waals surface area contributed by atoms with E-state index in [2.05, 4.69) is 0 Å². The smallest absolute Gasteiger partial charge is 0.230 e. The van der Waals surface area contributed by atoms with Crippen LogP contribution in [0.4, 0.5) is 5.69 Å². The third-order valence-electron chi connectivity index (χ3n) is 3.21. The Morgan fingerprint density at radius 3 is 3.00 bits per heavy atom. The summed E-state index contributed by atoms with van der Waals surface area (Å²) in [5.74, 6) is 0.724. The second-order valence-corrected chi connectivity index (χ2v) is 4.74. The van der Waals surface area contributed by atoms with Crippen molar-refractivity contribution in [3.63, 3.8) is 0 Å². The molecule has 5 nitrogen and oxygen atoms in total. The Morgan fingerprint density at radius 2 is 2.32 bits per heavy atom. The van der Waals surface area contributed by atoms with Gasteiger partial charge in [-0.15, -0.1) is 0 Å². The van der Waals surface area contributed by atoms with Crippen molar-refractivity contribution >= 4 is 11.6 Å². The summed E-state index contributed by atoms with van der Waals surface area (Å²) in [4.78, 5) is 13.8. The van der Waals surface area contributed by atoms with Crippen molar-refractivity contribution in [2.75, 3.05) is 24.7 Å². The van der Waals surface area contributed by atoms with E-state index in [9.17, 15) is 4.79 Å². The van der Waals surface area contributed by atoms with Crippen LogP contribution in [0, 0.1) is 0 Å². The number of anilines is 1. The van der Waals surface area contributed by atoms with Crippen LogP contribution in [0.3, 0.4) is 0 Å². The minimum absolute atomic E-state index is 0.0222. The van der Waals surface area contributed by atoms with Crippen molar-refractivity contribution in [2.24, 2.45) is 5.73 Å². The topological polar surface area (TPSA) is 75.8 Å². The van der Waals surface area contributed by atoms with Gasteiger partial charge in [0.15, 0.2) is 0 Å². The van der Waals surface area contributed by atoms with Gasteiger partial charge in [-0.05, 0) is 31.0 Å². The van der Waals surface area contributed by atoms with Crippen LogP contribution in [-0.2, 0) is 4.79 Å². The Balaban J connectivity index is 2.38. The molecule has 3 N–H and O–H groups in total. The molecule has 0 bridgehead atoms. The lowest BCUT2D eigenvalue weighted by atomic mass is 10.1. The molecule has 0 aromatic heterocycles. The van der Waals surface area contributed by atoms with Crippen molar-refractivity contribution in [3.05, 3.63) is 23.8 Å². The summed E-state index contributed by atoms with van der Waals surface area (Å²) in [7, 11) is 0. The maximum atomic E-state index is 12.1. The van der Waals surface area contributed by atoms with Gasteiger partial charge in [-0.25, -0.2) is 0 Å². The van der Waals surface area contributed by atoms with Crippen LogP contribution in [0.15, 0.2) is 18.2 Å². The van der Waals surface area contributed by atoms with Crippen LogP contribution in [0.5, 0.6) is 5.75 Å². The summed E-state index contributed by atoms with van der Waals surface area (Å²) in [5.41, 5.74) is 7.60. The highest BCUT2D eigenvalue weighted by Crippen LogP contribution is 2.33. The quantitative estimate of drug-likeness (QED) is 0.857. The van der Waals surface area contributed by atoms with Gasteiger partial charge in [0.2, 0.25) is 5.91 Å². The molecule has 1 aliphatic heterocycles. The number of carbonyl (C=O) groups is 1. The molecular formula is C14H20N2O3. The van der Waals surface area contributed by atoms with Crippen LogP contribution >= 0.6 is 0 Å². The number of aliphatic hydroxyl groups excluding tert-OH is 1. The molecule has 0 radical (unpaired) electrons. The van der Waals surface area contributed by atoms with Gasteiger partial charge in [0.1, 0.15) is 5.75 Å². The Kier molecular flexibility index (Phi) is 4.39. The standard InChI is InChI=1S/C14H20N2O3/c1-10(15)11-3-4-13-12(9-11)16(6-2-7-17)14(18)5-8-19-13/h3-4,9-10,17H,2,5-8,15H2,1H3. The maximum Gasteiger partial charge on any atom is 0.230 e. The van der Waals surface area contributed by atoms with E-state index in [1.165, 1.54) is 0 Å². The zero-order chi connectivity index (χ0) is 13.8. The van der Waals surface area contributed by atoms with Crippen LogP contribution in [-0.4, -0.2) is 30.8 Å². The van der Waals surface area contributed by atoms with Gasteiger partial charge in [-0.3, -0.25) is 4.79 Å². The van der Waals surface area contributed by atoms with Gasteiger partial charge in [0.25, 0.3) is 0 Å². The largest absolute Gasteiger partial charge is 0.491 e. The fourth-order valence-corrected chi connectivity index (χ4v) is 2.14. The van der Waals surface area contributed by atoms with E-state index in [-0.39, 0.29) is 18.6 Å². The minimum atomic E-state index is -0.0941. The average Bonchev–Trinajstić information content (AvgIpc) is 2.54. The highest BCUT2D eigenvalue weighted by atomic mass is 16.5. The monoisotopic (exact) mass is 264 g/mol. The molecule has 1 unspecified atom stereocenters. The van der Waals surface area contributed by atoms with Gasteiger partial charge >= 0.3 is 0 Å². The SMILES string of the molecule is CC(N)c1ccc2c(c1)N(CCCO)C(=O)CCO2. The molecule has 2 rings (SSSR count). The van der Waals surface area contributed by atoms with Crippen LogP contribution in [0.25, 0.3) is 0 Å². The Labute approximate surface area is 113 Å². The molecule has 1 heterocycles. The van der Waals surface area contributed by atoms with Gasteiger partial charge in [-0.2, -0.15) is 0 Å². The number of fused-ring (bicyclic) bond motifs is 1. The van der Waals surface area contributed by atoms with Crippen molar-refractivity contribution in [2.45, 2.75) is 25.8 Å². The summed E-state index contributed by atoms with van der Waals surface area (Å²) in [5, 5.41) is 8.96. The lowest BCUT2D eigenvalue weighted by Gasteiger charge is -2.22. The predicted molar refractivity (Wildman–Crippen MR) is 73.2 cm³/mol. The van der Waals surface area contributed by atoms with Crippen LogP contribution < -0.4 is 15.4 Å².